The predicted molar refractivity (Wildman–Crippen MR) is 135 cm³/mol. The Morgan fingerprint density at radius 3 is 2.47 bits per heavy atom. The molecule has 4 rings (SSSR count). The lowest BCUT2D eigenvalue weighted by atomic mass is 10.0. The van der Waals surface area contributed by atoms with Crippen LogP contribution < -0.4 is 4.74 Å². The molecule has 10 heteroatoms. The van der Waals surface area contributed by atoms with E-state index >= 15 is 0 Å². The Hall–Kier alpha value is -3.14. The van der Waals surface area contributed by atoms with Crippen molar-refractivity contribution in [2.24, 2.45) is 0 Å². The van der Waals surface area contributed by atoms with Gasteiger partial charge in [-0.3, -0.25) is 9.48 Å². The van der Waals surface area contributed by atoms with Crippen molar-refractivity contribution in [3.05, 3.63) is 59.4 Å². The smallest absolute Gasteiger partial charge is 0.359 e. The first-order valence-corrected chi connectivity index (χ1v) is 13.6. The minimum atomic E-state index is -3.58. The van der Waals surface area contributed by atoms with Gasteiger partial charge in [0.1, 0.15) is 11.4 Å². The maximum atomic E-state index is 13.8. The number of benzene rings is 1. The number of hydrogen-bond acceptors (Lipinski definition) is 7. The number of amides is 1. The number of rotatable bonds is 10. The third kappa shape index (κ3) is 4.31. The number of fused-ring (bicyclic) bond motifs is 1. The van der Waals surface area contributed by atoms with Crippen molar-refractivity contribution in [3.8, 4) is 5.75 Å². The van der Waals surface area contributed by atoms with Gasteiger partial charge in [-0.25, -0.2) is 13.2 Å². The van der Waals surface area contributed by atoms with Crippen LogP contribution in [0.1, 0.15) is 65.7 Å². The van der Waals surface area contributed by atoms with Crippen LogP contribution in [0.4, 0.5) is 0 Å². The summed E-state index contributed by atoms with van der Waals surface area (Å²) in [5, 5.41) is 4.48. The predicted octanol–water partition coefficient (Wildman–Crippen LogP) is 3.03. The van der Waals surface area contributed by atoms with E-state index in [1.54, 1.807) is 32.8 Å². The standard InChI is InChI=1S/C26H33N3O6S/c1-6-25(3,4)36(32,33)26(13-14-26)17-28-15-12-20-21(24(31)35-7-2)27-29(22(20)23(28)30)16-18-8-10-19(34-5)11-9-18/h6,8-11H,1,7,12-17H2,2-5H3. The first-order valence-electron chi connectivity index (χ1n) is 12.1. The molecule has 0 bridgehead atoms. The second kappa shape index (κ2) is 9.38. The van der Waals surface area contributed by atoms with Gasteiger partial charge in [0.2, 0.25) is 0 Å². The van der Waals surface area contributed by atoms with Crippen LogP contribution in [0.25, 0.3) is 0 Å². The lowest BCUT2D eigenvalue weighted by Gasteiger charge is -2.34. The molecule has 0 N–H and O–H groups in total. The number of ether oxygens (including phenoxy) is 2. The molecule has 1 amide bonds. The van der Waals surface area contributed by atoms with Crippen LogP contribution in [0.3, 0.4) is 0 Å². The average Bonchev–Trinajstić information content (AvgIpc) is 3.56. The van der Waals surface area contributed by atoms with Gasteiger partial charge in [0.15, 0.2) is 15.5 Å². The Bertz CT molecular complexity index is 1290. The summed E-state index contributed by atoms with van der Waals surface area (Å²) in [6.45, 7) is 9.56. The third-order valence-electron chi connectivity index (χ3n) is 7.17. The van der Waals surface area contributed by atoms with Crippen LogP contribution in [0, 0.1) is 0 Å². The van der Waals surface area contributed by atoms with Crippen molar-refractivity contribution >= 4 is 21.7 Å². The average molecular weight is 516 g/mol. The van der Waals surface area contributed by atoms with Crippen molar-refractivity contribution in [2.45, 2.75) is 56.1 Å². The van der Waals surface area contributed by atoms with E-state index in [1.165, 1.54) is 10.8 Å². The zero-order valence-corrected chi connectivity index (χ0v) is 22.1. The number of carbonyl (C=O) groups is 2. The monoisotopic (exact) mass is 515 g/mol. The maximum Gasteiger partial charge on any atom is 0.359 e. The number of esters is 1. The summed E-state index contributed by atoms with van der Waals surface area (Å²) in [4.78, 5) is 28.0. The van der Waals surface area contributed by atoms with Crippen molar-refractivity contribution in [2.75, 3.05) is 26.8 Å². The number of hydrogen-bond donors (Lipinski definition) is 0. The molecular weight excluding hydrogens is 482 g/mol. The second-order valence-corrected chi connectivity index (χ2v) is 12.8. The zero-order valence-electron chi connectivity index (χ0n) is 21.2. The number of methoxy groups -OCH3 is 1. The fourth-order valence-corrected chi connectivity index (χ4v) is 6.97. The summed E-state index contributed by atoms with van der Waals surface area (Å²) in [5.41, 5.74) is 1.85. The Morgan fingerprint density at radius 2 is 1.92 bits per heavy atom. The van der Waals surface area contributed by atoms with Gasteiger partial charge in [-0.1, -0.05) is 18.2 Å². The van der Waals surface area contributed by atoms with E-state index < -0.39 is 25.3 Å². The summed E-state index contributed by atoms with van der Waals surface area (Å²) >= 11 is 0. The summed E-state index contributed by atoms with van der Waals surface area (Å²) in [7, 11) is -1.99. The molecule has 1 aromatic heterocycles. The summed E-state index contributed by atoms with van der Waals surface area (Å²) in [5.74, 6) is -0.197. The van der Waals surface area contributed by atoms with Crippen LogP contribution in [0.2, 0.25) is 0 Å². The van der Waals surface area contributed by atoms with Crippen LogP contribution in [0.15, 0.2) is 36.9 Å². The highest BCUT2D eigenvalue weighted by Crippen LogP contribution is 2.49. The molecule has 2 aliphatic rings. The van der Waals surface area contributed by atoms with Gasteiger partial charge >= 0.3 is 5.97 Å². The molecule has 1 aromatic carbocycles. The summed E-state index contributed by atoms with van der Waals surface area (Å²) in [6, 6.07) is 7.36. The van der Waals surface area contributed by atoms with Crippen LogP contribution >= 0.6 is 0 Å². The lowest BCUT2D eigenvalue weighted by Crippen LogP contribution is -2.50. The van der Waals surface area contributed by atoms with E-state index in [0.29, 0.717) is 42.8 Å². The molecule has 0 spiro atoms. The Labute approximate surface area is 212 Å². The molecule has 9 nitrogen and oxygen atoms in total. The molecule has 2 heterocycles. The molecule has 0 unspecified atom stereocenters. The van der Waals surface area contributed by atoms with Gasteiger partial charge in [-0.15, -0.1) is 6.58 Å². The molecule has 194 valence electrons. The van der Waals surface area contributed by atoms with E-state index in [-0.39, 0.29) is 31.3 Å². The molecular formula is C26H33N3O6S. The minimum absolute atomic E-state index is 0.104. The van der Waals surface area contributed by atoms with Crippen molar-refractivity contribution in [3.63, 3.8) is 0 Å². The normalized spacial score (nSPS) is 16.9. The van der Waals surface area contributed by atoms with Gasteiger partial charge in [-0.2, -0.15) is 5.10 Å². The van der Waals surface area contributed by atoms with E-state index in [2.05, 4.69) is 11.7 Å². The highest BCUT2D eigenvalue weighted by Gasteiger charge is 2.60. The van der Waals surface area contributed by atoms with Crippen LogP contribution in [-0.2, 0) is 27.5 Å². The molecule has 0 saturated heterocycles. The number of sulfone groups is 1. The zero-order chi connectivity index (χ0) is 26.3. The number of aromatic nitrogens is 2. The lowest BCUT2D eigenvalue weighted by molar-refractivity contribution is 0.0517. The minimum Gasteiger partial charge on any atom is -0.497 e. The van der Waals surface area contributed by atoms with Gasteiger partial charge < -0.3 is 14.4 Å². The first kappa shape index (κ1) is 25.9. The van der Waals surface area contributed by atoms with Crippen LogP contribution in [-0.4, -0.2) is 71.3 Å². The van der Waals surface area contributed by atoms with E-state index in [0.717, 1.165) is 5.56 Å². The van der Waals surface area contributed by atoms with E-state index in [4.69, 9.17) is 9.47 Å². The van der Waals surface area contributed by atoms with Crippen molar-refractivity contribution < 1.29 is 27.5 Å². The molecule has 1 aliphatic carbocycles. The Balaban J connectivity index is 1.68. The molecule has 1 fully saturated rings. The van der Waals surface area contributed by atoms with Crippen LogP contribution in [0.5, 0.6) is 5.75 Å². The molecule has 1 saturated carbocycles. The highest BCUT2D eigenvalue weighted by molar-refractivity contribution is 7.94. The maximum absolute atomic E-state index is 13.8. The molecule has 36 heavy (non-hydrogen) atoms. The first-order chi connectivity index (χ1) is 17.0. The number of carbonyl (C=O) groups excluding carboxylic acids is 2. The molecule has 2 aromatic rings. The van der Waals surface area contributed by atoms with Gasteiger partial charge in [0.25, 0.3) is 5.91 Å². The fourth-order valence-electron chi connectivity index (χ4n) is 4.67. The molecule has 0 atom stereocenters. The highest BCUT2D eigenvalue weighted by atomic mass is 32.2. The molecule has 1 aliphatic heterocycles. The van der Waals surface area contributed by atoms with Gasteiger partial charge in [-0.05, 0) is 57.7 Å². The second-order valence-electron chi connectivity index (χ2n) is 9.87. The quantitative estimate of drug-likeness (QED) is 0.354. The fraction of sp³-hybridized carbons (Fsp3) is 0.500. The van der Waals surface area contributed by atoms with Gasteiger partial charge in [0, 0.05) is 18.7 Å². The van der Waals surface area contributed by atoms with Crippen molar-refractivity contribution in [1.29, 1.82) is 0 Å². The third-order valence-corrected chi connectivity index (χ3v) is 10.4. The summed E-state index contributed by atoms with van der Waals surface area (Å²) in [6.07, 6.45) is 2.84. The van der Waals surface area contributed by atoms with Crippen molar-refractivity contribution in [1.82, 2.24) is 14.7 Å². The largest absolute Gasteiger partial charge is 0.497 e. The topological polar surface area (TPSA) is 108 Å². The Morgan fingerprint density at radius 1 is 1.25 bits per heavy atom. The van der Waals surface area contributed by atoms with E-state index in [1.807, 2.05) is 24.3 Å². The summed E-state index contributed by atoms with van der Waals surface area (Å²) < 4.78 is 36.7. The Kier molecular flexibility index (Phi) is 6.76. The van der Waals surface area contributed by atoms with Gasteiger partial charge in [0.05, 0.1) is 29.8 Å². The van der Waals surface area contributed by atoms with E-state index in [9.17, 15) is 18.0 Å². The number of nitrogens with zero attached hydrogens (tertiary/aromatic N) is 3. The SMILES string of the molecule is C=CC(C)(C)S(=O)(=O)C1(CN2CCc3c(C(=O)OCC)nn(Cc4ccc(OC)cc4)c3C2=O)CC1. The molecule has 0 radical (unpaired) electrons.